The van der Waals surface area contributed by atoms with E-state index in [1.165, 1.54) is 0 Å². The van der Waals surface area contributed by atoms with E-state index in [0.29, 0.717) is 10.0 Å². The average molecular weight is 271 g/mol. The molecule has 1 aromatic carbocycles. The summed E-state index contributed by atoms with van der Waals surface area (Å²) in [5.74, 6) is 0. The average Bonchev–Trinajstić information content (AvgIpc) is 2.28. The highest BCUT2D eigenvalue weighted by Gasteiger charge is 2.17. The number of nitrogens with zero attached hydrogens (tertiary/aromatic N) is 1. The van der Waals surface area contributed by atoms with Gasteiger partial charge in [-0.25, -0.2) is 0 Å². The van der Waals surface area contributed by atoms with Gasteiger partial charge in [0.05, 0.1) is 17.7 Å². The van der Waals surface area contributed by atoms with Gasteiger partial charge in [0.15, 0.2) is 0 Å². The van der Waals surface area contributed by atoms with Gasteiger partial charge in [0.2, 0.25) is 0 Å². The number of thiocarbonyl (C=S) groups is 1. The van der Waals surface area contributed by atoms with Crippen molar-refractivity contribution in [2.45, 2.75) is 13.0 Å². The molecule has 92 valence electrons. The van der Waals surface area contributed by atoms with Crippen LogP contribution in [0.1, 0.15) is 12.5 Å². The van der Waals surface area contributed by atoms with E-state index in [-0.39, 0.29) is 6.10 Å². The molecule has 1 aliphatic rings. The van der Waals surface area contributed by atoms with E-state index >= 15 is 0 Å². The van der Waals surface area contributed by atoms with Crippen LogP contribution in [0.25, 0.3) is 0 Å². The highest BCUT2D eigenvalue weighted by Crippen LogP contribution is 2.25. The van der Waals surface area contributed by atoms with Crippen LogP contribution in [0.15, 0.2) is 18.2 Å². The number of hydrogen-bond donors (Lipinski definition) is 1. The Hall–Kier alpha value is -0.840. The van der Waals surface area contributed by atoms with E-state index in [1.54, 1.807) is 0 Å². The van der Waals surface area contributed by atoms with Crippen molar-refractivity contribution in [1.82, 2.24) is 0 Å². The number of nitrogens with two attached hydrogens (primary N) is 1. The van der Waals surface area contributed by atoms with Crippen LogP contribution < -0.4 is 10.6 Å². The topological polar surface area (TPSA) is 38.5 Å². The van der Waals surface area contributed by atoms with Gasteiger partial charge in [0, 0.05) is 24.3 Å². The van der Waals surface area contributed by atoms with Crippen molar-refractivity contribution in [1.29, 1.82) is 0 Å². The quantitative estimate of drug-likeness (QED) is 0.837. The molecule has 0 aliphatic carbocycles. The summed E-state index contributed by atoms with van der Waals surface area (Å²) in [7, 11) is 0. The van der Waals surface area contributed by atoms with Gasteiger partial charge in [-0.1, -0.05) is 23.8 Å². The van der Waals surface area contributed by atoms with Crippen LogP contribution in [0.3, 0.4) is 0 Å². The molecular formula is C12H15ClN2OS. The lowest BCUT2D eigenvalue weighted by Gasteiger charge is -2.33. The molecule has 2 rings (SSSR count). The predicted molar refractivity (Wildman–Crippen MR) is 75.0 cm³/mol. The number of benzene rings is 1. The van der Waals surface area contributed by atoms with Crippen molar-refractivity contribution in [3.63, 3.8) is 0 Å². The van der Waals surface area contributed by atoms with Gasteiger partial charge in [-0.3, -0.25) is 0 Å². The molecule has 1 aromatic rings. The Morgan fingerprint density at radius 3 is 2.94 bits per heavy atom. The number of ether oxygens (including phenoxy) is 1. The normalized spacial score (nSPS) is 20.4. The first-order valence-electron chi connectivity index (χ1n) is 5.54. The van der Waals surface area contributed by atoms with Crippen LogP contribution >= 0.6 is 23.8 Å². The summed E-state index contributed by atoms with van der Waals surface area (Å²) >= 11 is 11.1. The first-order valence-corrected chi connectivity index (χ1v) is 6.32. The fourth-order valence-electron chi connectivity index (χ4n) is 1.95. The Morgan fingerprint density at radius 2 is 2.35 bits per heavy atom. The molecule has 3 nitrogen and oxygen atoms in total. The molecule has 1 atom stereocenters. The van der Waals surface area contributed by atoms with Gasteiger partial charge in [-0.15, -0.1) is 0 Å². The summed E-state index contributed by atoms with van der Waals surface area (Å²) in [5.41, 5.74) is 7.40. The van der Waals surface area contributed by atoms with E-state index < -0.39 is 0 Å². The number of halogens is 1. The maximum absolute atomic E-state index is 6.15. The molecule has 5 heteroatoms. The molecule has 0 spiro atoms. The summed E-state index contributed by atoms with van der Waals surface area (Å²) in [4.78, 5) is 2.58. The lowest BCUT2D eigenvalue weighted by Crippen LogP contribution is -2.41. The summed E-state index contributed by atoms with van der Waals surface area (Å²) in [6, 6.07) is 5.78. The lowest BCUT2D eigenvalue weighted by molar-refractivity contribution is 0.0532. The van der Waals surface area contributed by atoms with Crippen LogP contribution in [0.2, 0.25) is 5.02 Å². The molecule has 0 radical (unpaired) electrons. The second-order valence-corrected chi connectivity index (χ2v) is 5.00. The van der Waals surface area contributed by atoms with Crippen molar-refractivity contribution in [2.75, 3.05) is 24.6 Å². The minimum Gasteiger partial charge on any atom is -0.389 e. The Bertz CT molecular complexity index is 439. The molecule has 2 N–H and O–H groups in total. The lowest BCUT2D eigenvalue weighted by atomic mass is 10.1. The third kappa shape index (κ3) is 2.89. The van der Waals surface area contributed by atoms with Gasteiger partial charge < -0.3 is 15.4 Å². The minimum atomic E-state index is 0.248. The highest BCUT2D eigenvalue weighted by atomic mass is 35.5. The number of rotatable bonds is 2. The fourth-order valence-corrected chi connectivity index (χ4v) is 2.46. The highest BCUT2D eigenvalue weighted by molar-refractivity contribution is 7.80. The van der Waals surface area contributed by atoms with Gasteiger partial charge in [0.25, 0.3) is 0 Å². The molecule has 0 aromatic heterocycles. The second kappa shape index (κ2) is 5.21. The first kappa shape index (κ1) is 12.6. The zero-order valence-electron chi connectivity index (χ0n) is 9.65. The Morgan fingerprint density at radius 1 is 1.59 bits per heavy atom. The molecule has 1 aliphatic heterocycles. The van der Waals surface area contributed by atoms with Gasteiger partial charge in [-0.2, -0.15) is 0 Å². The van der Waals surface area contributed by atoms with Crippen molar-refractivity contribution < 1.29 is 4.74 Å². The number of hydrogen-bond acceptors (Lipinski definition) is 3. The van der Waals surface area contributed by atoms with Crippen molar-refractivity contribution in [3.05, 3.63) is 28.8 Å². The molecule has 1 unspecified atom stereocenters. The maximum atomic E-state index is 6.15. The molecule has 1 fully saturated rings. The van der Waals surface area contributed by atoms with E-state index in [4.69, 9.17) is 34.3 Å². The van der Waals surface area contributed by atoms with E-state index in [9.17, 15) is 0 Å². The molecule has 1 saturated heterocycles. The maximum Gasteiger partial charge on any atom is 0.105 e. The van der Waals surface area contributed by atoms with E-state index in [2.05, 4.69) is 11.8 Å². The van der Waals surface area contributed by atoms with Gasteiger partial charge in [0.1, 0.15) is 4.99 Å². The molecule has 1 heterocycles. The third-order valence-electron chi connectivity index (χ3n) is 2.82. The summed E-state index contributed by atoms with van der Waals surface area (Å²) in [6.07, 6.45) is 0.248. The Labute approximate surface area is 111 Å². The molecule has 0 bridgehead atoms. The van der Waals surface area contributed by atoms with Crippen LogP contribution in [0.4, 0.5) is 5.69 Å². The van der Waals surface area contributed by atoms with Crippen LogP contribution in [-0.2, 0) is 4.74 Å². The van der Waals surface area contributed by atoms with E-state index in [0.717, 1.165) is 30.9 Å². The zero-order chi connectivity index (χ0) is 12.4. The fraction of sp³-hybridized carbons (Fsp3) is 0.417. The summed E-state index contributed by atoms with van der Waals surface area (Å²) < 4.78 is 5.51. The first-order chi connectivity index (χ1) is 8.08. The van der Waals surface area contributed by atoms with Gasteiger partial charge in [-0.05, 0) is 25.1 Å². The summed E-state index contributed by atoms with van der Waals surface area (Å²) in [5, 5.41) is 0.606. The second-order valence-electron chi connectivity index (χ2n) is 4.16. The van der Waals surface area contributed by atoms with Crippen LogP contribution in [0, 0.1) is 0 Å². The zero-order valence-corrected chi connectivity index (χ0v) is 11.2. The third-order valence-corrected chi connectivity index (χ3v) is 3.36. The van der Waals surface area contributed by atoms with Crippen LogP contribution in [0.5, 0.6) is 0 Å². The molecule has 17 heavy (non-hydrogen) atoms. The van der Waals surface area contributed by atoms with Crippen molar-refractivity contribution in [3.8, 4) is 0 Å². The van der Waals surface area contributed by atoms with Crippen LogP contribution in [-0.4, -0.2) is 30.8 Å². The van der Waals surface area contributed by atoms with E-state index in [1.807, 2.05) is 18.2 Å². The predicted octanol–water partition coefficient (Wildman–Crippen LogP) is 2.20. The summed E-state index contributed by atoms with van der Waals surface area (Å²) in [6.45, 7) is 4.57. The minimum absolute atomic E-state index is 0.248. The van der Waals surface area contributed by atoms with Gasteiger partial charge >= 0.3 is 0 Å². The Balaban J connectivity index is 2.22. The monoisotopic (exact) mass is 270 g/mol. The smallest absolute Gasteiger partial charge is 0.105 e. The largest absolute Gasteiger partial charge is 0.389 e. The number of anilines is 1. The molecule has 0 amide bonds. The SMILES string of the molecule is CC1CN(c2ccc(C(N)=S)c(Cl)c2)CCO1. The standard InChI is InChI=1S/C12H15ClN2OS/c1-8-7-15(4-5-16-8)9-2-3-10(12(14)17)11(13)6-9/h2-3,6,8H,4-5,7H2,1H3,(H2,14,17). The molecular weight excluding hydrogens is 256 g/mol. The number of morpholine rings is 1. The van der Waals surface area contributed by atoms with Crippen molar-refractivity contribution >= 4 is 34.5 Å². The Kier molecular flexibility index (Phi) is 3.86. The molecule has 0 saturated carbocycles. The van der Waals surface area contributed by atoms with Crippen molar-refractivity contribution in [2.24, 2.45) is 5.73 Å².